The SMILES string of the molecule is CNCCCC1CCN(C(=O)OC(C)(C)C)C1. The van der Waals surface area contributed by atoms with Crippen LogP contribution in [0.25, 0.3) is 0 Å². The molecule has 1 amide bonds. The molecule has 0 aliphatic carbocycles. The smallest absolute Gasteiger partial charge is 0.410 e. The molecule has 0 aromatic rings. The molecule has 0 spiro atoms. The first-order chi connectivity index (χ1) is 7.92. The van der Waals surface area contributed by atoms with E-state index in [1.165, 1.54) is 12.8 Å². The van der Waals surface area contributed by atoms with Crippen LogP contribution in [0.5, 0.6) is 0 Å². The van der Waals surface area contributed by atoms with E-state index < -0.39 is 0 Å². The Bertz CT molecular complexity index is 248. The Morgan fingerprint density at radius 3 is 2.76 bits per heavy atom. The fourth-order valence-electron chi connectivity index (χ4n) is 2.13. The van der Waals surface area contributed by atoms with Crippen molar-refractivity contribution in [3.63, 3.8) is 0 Å². The minimum absolute atomic E-state index is 0.159. The monoisotopic (exact) mass is 242 g/mol. The molecule has 17 heavy (non-hydrogen) atoms. The summed E-state index contributed by atoms with van der Waals surface area (Å²) < 4.78 is 5.37. The Hall–Kier alpha value is -0.770. The highest BCUT2D eigenvalue weighted by atomic mass is 16.6. The summed E-state index contributed by atoms with van der Waals surface area (Å²) in [6, 6.07) is 0. The molecule has 1 aliphatic heterocycles. The molecule has 0 aromatic heterocycles. The van der Waals surface area contributed by atoms with Crippen LogP contribution in [-0.4, -0.2) is 43.3 Å². The van der Waals surface area contributed by atoms with E-state index in [1.807, 2.05) is 32.7 Å². The molecule has 0 bridgehead atoms. The Morgan fingerprint density at radius 1 is 1.47 bits per heavy atom. The topological polar surface area (TPSA) is 41.6 Å². The van der Waals surface area contributed by atoms with Gasteiger partial charge in [0.25, 0.3) is 0 Å². The molecule has 1 atom stereocenters. The number of nitrogens with zero attached hydrogens (tertiary/aromatic N) is 1. The molecule has 1 N–H and O–H groups in total. The van der Waals surface area contributed by atoms with Gasteiger partial charge >= 0.3 is 6.09 Å². The van der Waals surface area contributed by atoms with Gasteiger partial charge in [-0.15, -0.1) is 0 Å². The molecule has 1 heterocycles. The summed E-state index contributed by atoms with van der Waals surface area (Å²) in [4.78, 5) is 13.7. The molecule has 1 rings (SSSR count). The number of rotatable bonds is 4. The number of hydrogen-bond acceptors (Lipinski definition) is 3. The number of carbonyl (C=O) groups excluding carboxylic acids is 1. The van der Waals surface area contributed by atoms with Gasteiger partial charge in [0.2, 0.25) is 0 Å². The van der Waals surface area contributed by atoms with E-state index in [0.29, 0.717) is 5.92 Å². The van der Waals surface area contributed by atoms with Crippen LogP contribution in [0.4, 0.5) is 4.79 Å². The lowest BCUT2D eigenvalue weighted by Gasteiger charge is -2.24. The third kappa shape index (κ3) is 5.39. The lowest BCUT2D eigenvalue weighted by Crippen LogP contribution is -2.35. The first-order valence-corrected chi connectivity index (χ1v) is 6.55. The van der Waals surface area contributed by atoms with Crippen molar-refractivity contribution in [3.05, 3.63) is 0 Å². The summed E-state index contributed by atoms with van der Waals surface area (Å²) in [5, 5.41) is 3.15. The van der Waals surface area contributed by atoms with Gasteiger partial charge in [0.05, 0.1) is 0 Å². The van der Waals surface area contributed by atoms with Crippen molar-refractivity contribution in [1.29, 1.82) is 0 Å². The van der Waals surface area contributed by atoms with Crippen molar-refractivity contribution in [2.45, 2.75) is 45.6 Å². The van der Waals surface area contributed by atoms with Gasteiger partial charge in [-0.1, -0.05) is 0 Å². The van der Waals surface area contributed by atoms with E-state index in [0.717, 1.165) is 26.1 Å². The van der Waals surface area contributed by atoms with Crippen LogP contribution >= 0.6 is 0 Å². The number of ether oxygens (including phenoxy) is 1. The predicted molar refractivity (Wildman–Crippen MR) is 69.1 cm³/mol. The molecule has 0 aromatic carbocycles. The fourth-order valence-corrected chi connectivity index (χ4v) is 2.13. The summed E-state index contributed by atoms with van der Waals surface area (Å²) in [6.45, 7) is 8.49. The summed E-state index contributed by atoms with van der Waals surface area (Å²) >= 11 is 0. The van der Waals surface area contributed by atoms with Crippen molar-refractivity contribution in [1.82, 2.24) is 10.2 Å². The maximum Gasteiger partial charge on any atom is 0.410 e. The number of carbonyl (C=O) groups is 1. The summed E-state index contributed by atoms with van der Waals surface area (Å²) in [6.07, 6.45) is 3.33. The minimum atomic E-state index is -0.388. The molecule has 100 valence electrons. The zero-order chi connectivity index (χ0) is 12.9. The zero-order valence-corrected chi connectivity index (χ0v) is 11.6. The third-order valence-corrected chi connectivity index (χ3v) is 2.98. The molecule has 0 radical (unpaired) electrons. The quantitative estimate of drug-likeness (QED) is 0.769. The second-order valence-corrected chi connectivity index (χ2v) is 5.83. The zero-order valence-electron chi connectivity index (χ0n) is 11.6. The van der Waals surface area contributed by atoms with Crippen molar-refractivity contribution in [3.8, 4) is 0 Å². The van der Waals surface area contributed by atoms with Crippen LogP contribution in [0.15, 0.2) is 0 Å². The van der Waals surface area contributed by atoms with Crippen molar-refractivity contribution in [2.75, 3.05) is 26.7 Å². The number of likely N-dealkylation sites (tertiary alicyclic amines) is 1. The van der Waals surface area contributed by atoms with Gasteiger partial charge in [-0.2, -0.15) is 0 Å². The van der Waals surface area contributed by atoms with Crippen LogP contribution in [0, 0.1) is 5.92 Å². The first kappa shape index (κ1) is 14.3. The van der Waals surface area contributed by atoms with Crippen LogP contribution < -0.4 is 5.32 Å². The lowest BCUT2D eigenvalue weighted by molar-refractivity contribution is 0.0287. The number of nitrogens with one attached hydrogen (secondary N) is 1. The molecule has 0 saturated carbocycles. The standard InChI is InChI=1S/C13H26N2O2/c1-13(2,3)17-12(16)15-9-7-11(10-15)6-5-8-14-4/h11,14H,5-10H2,1-4H3. The molecule has 1 saturated heterocycles. The molecule has 1 fully saturated rings. The summed E-state index contributed by atoms with van der Waals surface area (Å²) in [7, 11) is 1.97. The van der Waals surface area contributed by atoms with E-state index in [-0.39, 0.29) is 11.7 Å². The summed E-state index contributed by atoms with van der Waals surface area (Å²) in [5.74, 6) is 0.649. The molecular weight excluding hydrogens is 216 g/mol. The lowest BCUT2D eigenvalue weighted by atomic mass is 10.0. The van der Waals surface area contributed by atoms with Gasteiger partial charge in [-0.25, -0.2) is 4.79 Å². The second kappa shape index (κ2) is 6.24. The van der Waals surface area contributed by atoms with Gasteiger partial charge in [0, 0.05) is 13.1 Å². The van der Waals surface area contributed by atoms with E-state index in [9.17, 15) is 4.79 Å². The Morgan fingerprint density at radius 2 is 2.18 bits per heavy atom. The predicted octanol–water partition coefficient (Wildman–Crippen LogP) is 2.24. The minimum Gasteiger partial charge on any atom is -0.444 e. The highest BCUT2D eigenvalue weighted by molar-refractivity contribution is 5.68. The average molecular weight is 242 g/mol. The van der Waals surface area contributed by atoms with Gasteiger partial charge in [-0.3, -0.25) is 0 Å². The van der Waals surface area contributed by atoms with E-state index >= 15 is 0 Å². The normalized spacial score (nSPS) is 20.7. The highest BCUT2D eigenvalue weighted by Crippen LogP contribution is 2.22. The van der Waals surface area contributed by atoms with Crippen LogP contribution in [0.2, 0.25) is 0 Å². The highest BCUT2D eigenvalue weighted by Gasteiger charge is 2.29. The van der Waals surface area contributed by atoms with Gasteiger partial charge in [0.1, 0.15) is 5.60 Å². The van der Waals surface area contributed by atoms with Crippen LogP contribution in [0.3, 0.4) is 0 Å². The van der Waals surface area contributed by atoms with E-state index in [1.54, 1.807) is 0 Å². The Kier molecular flexibility index (Phi) is 5.25. The molecule has 1 aliphatic rings. The Balaban J connectivity index is 2.27. The maximum atomic E-state index is 11.8. The Labute approximate surface area is 105 Å². The van der Waals surface area contributed by atoms with Gasteiger partial charge in [-0.05, 0) is 59.5 Å². The van der Waals surface area contributed by atoms with Crippen molar-refractivity contribution in [2.24, 2.45) is 5.92 Å². The van der Waals surface area contributed by atoms with E-state index in [2.05, 4.69) is 5.32 Å². The van der Waals surface area contributed by atoms with E-state index in [4.69, 9.17) is 4.74 Å². The van der Waals surface area contributed by atoms with Gasteiger partial charge < -0.3 is 15.0 Å². The van der Waals surface area contributed by atoms with Crippen LogP contribution in [-0.2, 0) is 4.74 Å². The second-order valence-electron chi connectivity index (χ2n) is 5.83. The summed E-state index contributed by atoms with van der Waals surface area (Å²) in [5.41, 5.74) is -0.388. The van der Waals surface area contributed by atoms with Crippen molar-refractivity contribution < 1.29 is 9.53 Å². The number of amides is 1. The fraction of sp³-hybridized carbons (Fsp3) is 0.923. The van der Waals surface area contributed by atoms with Gasteiger partial charge in [0.15, 0.2) is 0 Å². The van der Waals surface area contributed by atoms with Crippen LogP contribution in [0.1, 0.15) is 40.0 Å². The van der Waals surface area contributed by atoms with Crippen molar-refractivity contribution >= 4 is 6.09 Å². The molecule has 4 nitrogen and oxygen atoms in total. The number of hydrogen-bond donors (Lipinski definition) is 1. The molecule has 4 heteroatoms. The average Bonchev–Trinajstić information content (AvgIpc) is 2.64. The maximum absolute atomic E-state index is 11.8. The third-order valence-electron chi connectivity index (χ3n) is 2.98. The molecule has 1 unspecified atom stereocenters. The largest absolute Gasteiger partial charge is 0.444 e. The molecular formula is C13H26N2O2. The first-order valence-electron chi connectivity index (χ1n) is 6.55.